The Morgan fingerprint density at radius 1 is 1.27 bits per heavy atom. The SMILES string of the molecule is CC(C)(C)C(=O)N1CCC(=NOCc2ccccc2Cl)CC1. The van der Waals surface area contributed by atoms with E-state index in [2.05, 4.69) is 5.16 Å². The summed E-state index contributed by atoms with van der Waals surface area (Å²) in [6.45, 7) is 7.64. The molecule has 1 aromatic rings. The third-order valence-corrected chi connectivity index (χ3v) is 4.01. The lowest BCUT2D eigenvalue weighted by Crippen LogP contribution is -2.44. The summed E-state index contributed by atoms with van der Waals surface area (Å²) in [4.78, 5) is 19.5. The maximum absolute atomic E-state index is 12.2. The molecule has 0 bridgehead atoms. The summed E-state index contributed by atoms with van der Waals surface area (Å²) in [6.07, 6.45) is 1.54. The minimum atomic E-state index is -0.324. The van der Waals surface area contributed by atoms with E-state index in [0.29, 0.717) is 24.7 Å². The van der Waals surface area contributed by atoms with Gasteiger partial charge in [0.05, 0.1) is 5.71 Å². The Labute approximate surface area is 137 Å². The average molecular weight is 323 g/mol. The number of rotatable bonds is 3. The van der Waals surface area contributed by atoms with Crippen LogP contribution in [0, 0.1) is 5.41 Å². The van der Waals surface area contributed by atoms with Crippen LogP contribution in [0.1, 0.15) is 39.2 Å². The molecule has 1 heterocycles. The van der Waals surface area contributed by atoms with E-state index in [0.717, 1.165) is 24.1 Å². The van der Waals surface area contributed by atoms with Crippen LogP contribution in [0.3, 0.4) is 0 Å². The Balaban J connectivity index is 1.82. The topological polar surface area (TPSA) is 41.9 Å². The third-order valence-electron chi connectivity index (χ3n) is 3.64. The molecule has 22 heavy (non-hydrogen) atoms. The zero-order valence-electron chi connectivity index (χ0n) is 13.4. The monoisotopic (exact) mass is 322 g/mol. The smallest absolute Gasteiger partial charge is 0.227 e. The van der Waals surface area contributed by atoms with Crippen LogP contribution < -0.4 is 0 Å². The van der Waals surface area contributed by atoms with Crippen LogP contribution in [-0.4, -0.2) is 29.6 Å². The summed E-state index contributed by atoms with van der Waals surface area (Å²) in [6, 6.07) is 7.57. The van der Waals surface area contributed by atoms with Gasteiger partial charge in [0.1, 0.15) is 6.61 Å². The molecule has 1 aromatic carbocycles. The van der Waals surface area contributed by atoms with Crippen molar-refractivity contribution in [3.05, 3.63) is 34.9 Å². The Bertz CT molecular complexity index is 554. The molecule has 0 aliphatic carbocycles. The van der Waals surface area contributed by atoms with Gasteiger partial charge in [-0.25, -0.2) is 0 Å². The van der Waals surface area contributed by atoms with Crippen molar-refractivity contribution in [2.75, 3.05) is 13.1 Å². The van der Waals surface area contributed by atoms with Gasteiger partial charge in [-0.15, -0.1) is 0 Å². The molecule has 0 aromatic heterocycles. The maximum Gasteiger partial charge on any atom is 0.227 e. The number of carbonyl (C=O) groups excluding carboxylic acids is 1. The number of nitrogens with zero attached hydrogens (tertiary/aromatic N) is 2. The Morgan fingerprint density at radius 2 is 1.91 bits per heavy atom. The van der Waals surface area contributed by atoms with Crippen molar-refractivity contribution in [1.82, 2.24) is 4.90 Å². The first-order chi connectivity index (χ1) is 10.4. The van der Waals surface area contributed by atoms with Crippen molar-refractivity contribution in [3.63, 3.8) is 0 Å². The average Bonchev–Trinajstić information content (AvgIpc) is 2.48. The van der Waals surface area contributed by atoms with Gasteiger partial charge in [0.2, 0.25) is 5.91 Å². The fourth-order valence-corrected chi connectivity index (χ4v) is 2.53. The van der Waals surface area contributed by atoms with E-state index in [9.17, 15) is 4.79 Å². The van der Waals surface area contributed by atoms with Crippen LogP contribution in [0.15, 0.2) is 29.4 Å². The number of likely N-dealkylation sites (tertiary alicyclic amines) is 1. The molecule has 0 atom stereocenters. The fraction of sp³-hybridized carbons (Fsp3) is 0.529. The van der Waals surface area contributed by atoms with Gasteiger partial charge < -0.3 is 9.74 Å². The van der Waals surface area contributed by atoms with E-state index in [1.54, 1.807) is 0 Å². The van der Waals surface area contributed by atoms with Crippen LogP contribution in [0.25, 0.3) is 0 Å². The van der Waals surface area contributed by atoms with Gasteiger partial charge in [-0.1, -0.05) is 55.7 Å². The van der Waals surface area contributed by atoms with Crippen LogP contribution in [-0.2, 0) is 16.2 Å². The second-order valence-electron chi connectivity index (χ2n) is 6.56. The fourth-order valence-electron chi connectivity index (χ4n) is 2.34. The Morgan fingerprint density at radius 3 is 2.50 bits per heavy atom. The molecule has 4 nitrogen and oxygen atoms in total. The third kappa shape index (κ3) is 4.47. The molecule has 2 rings (SSSR count). The van der Waals surface area contributed by atoms with Crippen LogP contribution in [0.2, 0.25) is 5.02 Å². The van der Waals surface area contributed by atoms with Gasteiger partial charge in [0.25, 0.3) is 0 Å². The van der Waals surface area contributed by atoms with E-state index >= 15 is 0 Å². The maximum atomic E-state index is 12.2. The predicted octanol–water partition coefficient (Wildman–Crippen LogP) is 3.88. The molecule has 1 aliphatic rings. The van der Waals surface area contributed by atoms with Gasteiger partial charge in [-0.3, -0.25) is 4.79 Å². The van der Waals surface area contributed by atoms with Crippen molar-refractivity contribution >= 4 is 23.2 Å². The molecule has 120 valence electrons. The lowest BCUT2D eigenvalue weighted by Gasteiger charge is -2.32. The van der Waals surface area contributed by atoms with Crippen molar-refractivity contribution in [2.45, 2.75) is 40.2 Å². The number of carbonyl (C=O) groups is 1. The molecular weight excluding hydrogens is 300 g/mol. The van der Waals surface area contributed by atoms with Gasteiger partial charge in [0, 0.05) is 41.9 Å². The van der Waals surface area contributed by atoms with Crippen molar-refractivity contribution < 1.29 is 9.63 Å². The molecule has 1 aliphatic heterocycles. The van der Waals surface area contributed by atoms with Crippen LogP contribution in [0.4, 0.5) is 0 Å². The van der Waals surface area contributed by atoms with Gasteiger partial charge in [0.15, 0.2) is 0 Å². The number of hydrogen-bond donors (Lipinski definition) is 0. The zero-order valence-corrected chi connectivity index (χ0v) is 14.2. The predicted molar refractivity (Wildman–Crippen MR) is 88.9 cm³/mol. The number of oxime groups is 1. The Kier molecular flexibility index (Phi) is 5.46. The quantitative estimate of drug-likeness (QED) is 0.792. The van der Waals surface area contributed by atoms with Crippen molar-refractivity contribution in [2.24, 2.45) is 10.6 Å². The first kappa shape index (κ1) is 16.8. The number of piperidine rings is 1. The molecule has 1 fully saturated rings. The largest absolute Gasteiger partial charge is 0.391 e. The van der Waals surface area contributed by atoms with Gasteiger partial charge in [-0.05, 0) is 6.07 Å². The molecule has 1 amide bonds. The zero-order chi connectivity index (χ0) is 16.2. The second kappa shape index (κ2) is 7.14. The molecule has 1 saturated heterocycles. The lowest BCUT2D eigenvalue weighted by atomic mass is 9.93. The van der Waals surface area contributed by atoms with E-state index < -0.39 is 0 Å². The number of halogens is 1. The summed E-state index contributed by atoms with van der Waals surface area (Å²) in [5.41, 5.74) is 1.61. The van der Waals surface area contributed by atoms with E-state index in [-0.39, 0.29) is 11.3 Å². The molecule has 0 N–H and O–H groups in total. The van der Waals surface area contributed by atoms with Crippen LogP contribution in [0.5, 0.6) is 0 Å². The standard InChI is InChI=1S/C17H23ClN2O2/c1-17(2,3)16(21)20-10-8-14(9-11-20)19-22-12-13-6-4-5-7-15(13)18/h4-7H,8-12H2,1-3H3. The van der Waals surface area contributed by atoms with Gasteiger partial charge in [-0.2, -0.15) is 0 Å². The summed E-state index contributed by atoms with van der Waals surface area (Å²) in [5.74, 6) is 0.198. The summed E-state index contributed by atoms with van der Waals surface area (Å²) in [7, 11) is 0. The molecule has 0 spiro atoms. The van der Waals surface area contributed by atoms with Crippen LogP contribution >= 0.6 is 11.6 Å². The summed E-state index contributed by atoms with van der Waals surface area (Å²) < 4.78 is 0. The van der Waals surface area contributed by atoms with E-state index in [1.165, 1.54) is 0 Å². The van der Waals surface area contributed by atoms with E-state index in [1.807, 2.05) is 49.9 Å². The first-order valence-electron chi connectivity index (χ1n) is 7.58. The normalized spacial score (nSPS) is 15.6. The molecule has 5 heteroatoms. The number of amides is 1. The number of benzene rings is 1. The molecule has 0 radical (unpaired) electrons. The van der Waals surface area contributed by atoms with Gasteiger partial charge >= 0.3 is 0 Å². The van der Waals surface area contributed by atoms with E-state index in [4.69, 9.17) is 16.4 Å². The highest BCUT2D eigenvalue weighted by atomic mass is 35.5. The molecule has 0 unspecified atom stereocenters. The highest BCUT2D eigenvalue weighted by Gasteiger charge is 2.29. The summed E-state index contributed by atoms with van der Waals surface area (Å²) in [5, 5.41) is 4.88. The highest BCUT2D eigenvalue weighted by molar-refractivity contribution is 6.31. The second-order valence-corrected chi connectivity index (χ2v) is 6.97. The summed E-state index contributed by atoms with van der Waals surface area (Å²) >= 11 is 6.07. The Hall–Kier alpha value is -1.55. The minimum Gasteiger partial charge on any atom is -0.391 e. The first-order valence-corrected chi connectivity index (χ1v) is 7.96. The highest BCUT2D eigenvalue weighted by Crippen LogP contribution is 2.20. The molecule has 0 saturated carbocycles. The minimum absolute atomic E-state index is 0.198. The van der Waals surface area contributed by atoms with Crippen molar-refractivity contribution in [1.29, 1.82) is 0 Å². The molecular formula is C17H23ClN2O2. The lowest BCUT2D eigenvalue weighted by molar-refractivity contribution is -0.139. The number of hydrogen-bond acceptors (Lipinski definition) is 3. The van der Waals surface area contributed by atoms with Crippen molar-refractivity contribution in [3.8, 4) is 0 Å².